The van der Waals surface area contributed by atoms with Crippen molar-refractivity contribution in [3.05, 3.63) is 45.4 Å². The summed E-state index contributed by atoms with van der Waals surface area (Å²) in [6.07, 6.45) is 1.75. The Morgan fingerprint density at radius 1 is 1.44 bits per heavy atom. The van der Waals surface area contributed by atoms with E-state index in [0.717, 1.165) is 15.4 Å². The molecule has 94 valence electrons. The molecule has 5 heteroatoms. The molecule has 1 aromatic carbocycles. The van der Waals surface area contributed by atoms with Gasteiger partial charge in [0, 0.05) is 6.20 Å². The monoisotopic (exact) mass is 263 g/mol. The number of hydrogen-bond donors (Lipinski definition) is 1. The molecule has 0 unspecified atom stereocenters. The molecule has 0 aliphatic carbocycles. The fraction of sp³-hybridized carbons (Fsp3) is 0.231. The Kier molecular flexibility index (Phi) is 3.62. The summed E-state index contributed by atoms with van der Waals surface area (Å²) in [6.45, 7) is 4.10. The molecular formula is C13H13NO3S. The van der Waals surface area contributed by atoms with Crippen LogP contribution >= 0.6 is 11.3 Å². The van der Waals surface area contributed by atoms with Crippen molar-refractivity contribution in [3.8, 4) is 5.75 Å². The molecule has 0 saturated heterocycles. The van der Waals surface area contributed by atoms with Gasteiger partial charge >= 0.3 is 5.97 Å². The van der Waals surface area contributed by atoms with Crippen LogP contribution in [0.5, 0.6) is 5.75 Å². The first-order chi connectivity index (χ1) is 8.58. The van der Waals surface area contributed by atoms with Gasteiger partial charge in [0.15, 0.2) is 0 Å². The van der Waals surface area contributed by atoms with Crippen molar-refractivity contribution in [1.29, 1.82) is 0 Å². The zero-order valence-corrected chi connectivity index (χ0v) is 11.0. The number of carboxylic acid groups (broad SMARTS) is 1. The van der Waals surface area contributed by atoms with Crippen molar-refractivity contribution in [3.63, 3.8) is 0 Å². The number of aromatic nitrogens is 1. The number of aromatic carboxylic acids is 1. The number of carboxylic acids is 1. The van der Waals surface area contributed by atoms with E-state index in [2.05, 4.69) is 4.98 Å². The van der Waals surface area contributed by atoms with Crippen molar-refractivity contribution in [1.82, 2.24) is 4.98 Å². The van der Waals surface area contributed by atoms with Crippen LogP contribution in [0.3, 0.4) is 0 Å². The van der Waals surface area contributed by atoms with E-state index < -0.39 is 5.97 Å². The summed E-state index contributed by atoms with van der Waals surface area (Å²) in [5.74, 6) is -0.551. The van der Waals surface area contributed by atoms with Crippen LogP contribution < -0.4 is 4.74 Å². The van der Waals surface area contributed by atoms with Crippen molar-refractivity contribution in [2.75, 3.05) is 0 Å². The summed E-state index contributed by atoms with van der Waals surface area (Å²) in [5.41, 5.74) is 1.01. The Morgan fingerprint density at radius 2 is 2.22 bits per heavy atom. The molecule has 0 saturated carbocycles. The third kappa shape index (κ3) is 2.68. The van der Waals surface area contributed by atoms with Gasteiger partial charge in [0.2, 0.25) is 0 Å². The van der Waals surface area contributed by atoms with E-state index in [4.69, 9.17) is 9.84 Å². The molecule has 0 amide bonds. The minimum absolute atomic E-state index is 0.191. The highest BCUT2D eigenvalue weighted by atomic mass is 32.1. The van der Waals surface area contributed by atoms with Gasteiger partial charge in [0.1, 0.15) is 17.9 Å². The number of ether oxygens (including phenoxy) is 1. The first-order valence-electron chi connectivity index (χ1n) is 5.45. The number of para-hydroxylation sites is 1. The lowest BCUT2D eigenvalue weighted by Crippen LogP contribution is -2.04. The molecule has 0 atom stereocenters. The summed E-state index contributed by atoms with van der Waals surface area (Å²) in [5, 5.41) is 10.1. The summed E-state index contributed by atoms with van der Waals surface area (Å²) < 4.78 is 5.62. The summed E-state index contributed by atoms with van der Waals surface area (Å²) in [6, 6.07) is 5.09. The SMILES string of the molecule is Cc1ncc(COc2c(C)cccc2C(=O)O)s1. The maximum atomic E-state index is 11.1. The highest BCUT2D eigenvalue weighted by Crippen LogP contribution is 2.25. The maximum Gasteiger partial charge on any atom is 0.339 e. The van der Waals surface area contributed by atoms with Gasteiger partial charge in [-0.2, -0.15) is 0 Å². The first-order valence-corrected chi connectivity index (χ1v) is 6.26. The van der Waals surface area contributed by atoms with E-state index >= 15 is 0 Å². The smallest absolute Gasteiger partial charge is 0.339 e. The molecule has 1 heterocycles. The number of carbonyl (C=O) groups is 1. The van der Waals surface area contributed by atoms with Gasteiger partial charge in [-0.3, -0.25) is 0 Å². The van der Waals surface area contributed by atoms with E-state index in [-0.39, 0.29) is 5.56 Å². The van der Waals surface area contributed by atoms with Crippen molar-refractivity contribution in [2.24, 2.45) is 0 Å². The molecule has 1 N–H and O–H groups in total. The minimum atomic E-state index is -0.978. The quantitative estimate of drug-likeness (QED) is 0.921. The van der Waals surface area contributed by atoms with Gasteiger partial charge in [-0.25, -0.2) is 9.78 Å². The zero-order valence-electron chi connectivity index (χ0n) is 10.1. The van der Waals surface area contributed by atoms with Crippen LogP contribution in [0.1, 0.15) is 25.8 Å². The van der Waals surface area contributed by atoms with Crippen LogP contribution in [0.2, 0.25) is 0 Å². The molecule has 1 aromatic heterocycles. The van der Waals surface area contributed by atoms with Crippen LogP contribution in [0, 0.1) is 13.8 Å². The molecule has 0 bridgehead atoms. The lowest BCUT2D eigenvalue weighted by Gasteiger charge is -2.10. The largest absolute Gasteiger partial charge is 0.487 e. The van der Waals surface area contributed by atoms with E-state index in [1.807, 2.05) is 19.9 Å². The second-order valence-electron chi connectivity index (χ2n) is 3.89. The third-order valence-electron chi connectivity index (χ3n) is 2.47. The maximum absolute atomic E-state index is 11.1. The Balaban J connectivity index is 2.20. The molecular weight excluding hydrogens is 250 g/mol. The Hall–Kier alpha value is -1.88. The summed E-state index contributed by atoms with van der Waals surface area (Å²) in [7, 11) is 0. The number of thiazole rings is 1. The Morgan fingerprint density at radius 3 is 2.83 bits per heavy atom. The molecule has 0 aliphatic heterocycles. The van der Waals surface area contributed by atoms with Crippen molar-refractivity contribution >= 4 is 17.3 Å². The molecule has 0 spiro atoms. The van der Waals surface area contributed by atoms with Gasteiger partial charge in [0.25, 0.3) is 0 Å². The van der Waals surface area contributed by atoms with E-state index in [1.54, 1.807) is 29.7 Å². The Labute approximate surface area is 109 Å². The van der Waals surface area contributed by atoms with Gasteiger partial charge < -0.3 is 9.84 Å². The molecule has 4 nitrogen and oxygen atoms in total. The number of aryl methyl sites for hydroxylation is 2. The number of rotatable bonds is 4. The van der Waals surface area contributed by atoms with Crippen LogP contribution in [0.15, 0.2) is 24.4 Å². The standard InChI is InChI=1S/C13H13NO3S/c1-8-4-3-5-11(13(15)16)12(8)17-7-10-6-14-9(2)18-10/h3-6H,7H2,1-2H3,(H,15,16). The fourth-order valence-corrected chi connectivity index (χ4v) is 2.34. The van der Waals surface area contributed by atoms with Gasteiger partial charge in [0.05, 0.1) is 9.88 Å². The van der Waals surface area contributed by atoms with Crippen molar-refractivity contribution in [2.45, 2.75) is 20.5 Å². The topological polar surface area (TPSA) is 59.4 Å². The minimum Gasteiger partial charge on any atom is -0.487 e. The van der Waals surface area contributed by atoms with E-state index in [1.165, 1.54) is 0 Å². The highest BCUT2D eigenvalue weighted by Gasteiger charge is 2.13. The Bertz CT molecular complexity index is 577. The van der Waals surface area contributed by atoms with Crippen LogP contribution in [0.25, 0.3) is 0 Å². The first kappa shape index (κ1) is 12.6. The molecule has 2 aromatic rings. The molecule has 2 rings (SSSR count). The van der Waals surface area contributed by atoms with Crippen LogP contribution in [-0.4, -0.2) is 16.1 Å². The third-order valence-corrected chi connectivity index (χ3v) is 3.36. The molecule has 0 fully saturated rings. The number of benzene rings is 1. The normalized spacial score (nSPS) is 10.3. The molecule has 0 radical (unpaired) electrons. The molecule has 0 aliphatic rings. The van der Waals surface area contributed by atoms with Crippen LogP contribution in [0.4, 0.5) is 0 Å². The lowest BCUT2D eigenvalue weighted by molar-refractivity contribution is 0.0691. The van der Waals surface area contributed by atoms with Gasteiger partial charge in [-0.15, -0.1) is 11.3 Å². The van der Waals surface area contributed by atoms with E-state index in [9.17, 15) is 4.79 Å². The van der Waals surface area contributed by atoms with Crippen LogP contribution in [-0.2, 0) is 6.61 Å². The summed E-state index contributed by atoms with van der Waals surface area (Å²) in [4.78, 5) is 16.2. The molecule has 18 heavy (non-hydrogen) atoms. The number of nitrogens with zero attached hydrogens (tertiary/aromatic N) is 1. The highest BCUT2D eigenvalue weighted by molar-refractivity contribution is 7.11. The fourth-order valence-electron chi connectivity index (χ4n) is 1.63. The zero-order chi connectivity index (χ0) is 13.1. The van der Waals surface area contributed by atoms with E-state index in [0.29, 0.717) is 12.4 Å². The predicted octanol–water partition coefficient (Wildman–Crippen LogP) is 3.04. The number of hydrogen-bond acceptors (Lipinski definition) is 4. The average Bonchev–Trinajstić information content (AvgIpc) is 2.73. The average molecular weight is 263 g/mol. The predicted molar refractivity (Wildman–Crippen MR) is 69.3 cm³/mol. The van der Waals surface area contributed by atoms with Crippen molar-refractivity contribution < 1.29 is 14.6 Å². The van der Waals surface area contributed by atoms with Gasteiger partial charge in [-0.05, 0) is 25.5 Å². The second-order valence-corrected chi connectivity index (χ2v) is 5.21. The lowest BCUT2D eigenvalue weighted by atomic mass is 10.1. The summed E-state index contributed by atoms with van der Waals surface area (Å²) >= 11 is 1.54. The second kappa shape index (κ2) is 5.18. The van der Waals surface area contributed by atoms with Gasteiger partial charge in [-0.1, -0.05) is 12.1 Å².